The maximum absolute atomic E-state index is 12.8. The molecule has 3 aliphatic carbocycles. The lowest BCUT2D eigenvalue weighted by atomic mass is 9.63. The standard InChI is InChI=1S/C21H20O2/c1-23-18-5-3-14-9-19-16(7-15(14)8-18)11-21(12-20(19)22)10-13-2-4-17(21)6-13/h2-3,5,7-9,17H,4,6,10-12H2,1H3. The van der Waals surface area contributed by atoms with Crippen LogP contribution in [0.2, 0.25) is 0 Å². The molecule has 1 saturated carbocycles. The zero-order valence-corrected chi connectivity index (χ0v) is 13.4. The van der Waals surface area contributed by atoms with Crippen molar-refractivity contribution in [3.05, 3.63) is 53.1 Å². The van der Waals surface area contributed by atoms with Gasteiger partial charge in [-0.2, -0.15) is 0 Å². The Morgan fingerprint density at radius 3 is 2.74 bits per heavy atom. The van der Waals surface area contributed by atoms with Gasteiger partial charge in [-0.15, -0.1) is 0 Å². The van der Waals surface area contributed by atoms with Crippen molar-refractivity contribution in [2.45, 2.75) is 32.1 Å². The zero-order chi connectivity index (χ0) is 15.6. The fourth-order valence-electron chi connectivity index (χ4n) is 5.13. The first kappa shape index (κ1) is 13.4. The smallest absolute Gasteiger partial charge is 0.163 e. The predicted molar refractivity (Wildman–Crippen MR) is 91.0 cm³/mol. The molecule has 0 radical (unpaired) electrons. The van der Waals surface area contributed by atoms with E-state index in [0.29, 0.717) is 11.7 Å². The second-order valence-corrected chi connectivity index (χ2v) is 7.54. The van der Waals surface area contributed by atoms with E-state index in [-0.39, 0.29) is 5.41 Å². The summed E-state index contributed by atoms with van der Waals surface area (Å²) in [4.78, 5) is 12.8. The SMILES string of the molecule is COc1ccc2cc3c(cc2c1)CC1(CC3=O)CC2=CCC1C2. The molecule has 0 aliphatic heterocycles. The molecule has 2 atom stereocenters. The highest BCUT2D eigenvalue weighted by molar-refractivity contribution is 6.03. The van der Waals surface area contributed by atoms with Gasteiger partial charge in [-0.25, -0.2) is 0 Å². The minimum Gasteiger partial charge on any atom is -0.497 e. The van der Waals surface area contributed by atoms with Gasteiger partial charge in [-0.1, -0.05) is 23.8 Å². The van der Waals surface area contributed by atoms with Crippen LogP contribution in [-0.4, -0.2) is 12.9 Å². The van der Waals surface area contributed by atoms with Crippen molar-refractivity contribution in [2.24, 2.45) is 11.3 Å². The normalized spacial score (nSPS) is 28.3. The number of hydrogen-bond donors (Lipinski definition) is 0. The summed E-state index contributed by atoms with van der Waals surface area (Å²) in [6.07, 6.45) is 7.75. The van der Waals surface area contributed by atoms with Crippen LogP contribution in [0.15, 0.2) is 42.0 Å². The van der Waals surface area contributed by atoms with E-state index in [4.69, 9.17) is 4.74 Å². The lowest BCUT2D eigenvalue weighted by Gasteiger charge is -2.39. The molecule has 0 aromatic heterocycles. The van der Waals surface area contributed by atoms with E-state index in [1.165, 1.54) is 23.8 Å². The molecule has 23 heavy (non-hydrogen) atoms. The van der Waals surface area contributed by atoms with Crippen LogP contribution in [0.3, 0.4) is 0 Å². The number of carbonyl (C=O) groups excluding carboxylic acids is 1. The highest BCUT2D eigenvalue weighted by Gasteiger charge is 2.50. The lowest BCUT2D eigenvalue weighted by Crippen LogP contribution is -2.36. The number of allylic oxidation sites excluding steroid dienone is 2. The molecule has 2 aromatic rings. The lowest BCUT2D eigenvalue weighted by molar-refractivity contribution is 0.0824. The molecule has 5 rings (SSSR count). The molecule has 2 heteroatoms. The molecule has 0 N–H and O–H groups in total. The van der Waals surface area contributed by atoms with E-state index in [1.807, 2.05) is 6.07 Å². The van der Waals surface area contributed by atoms with Crippen LogP contribution < -0.4 is 4.74 Å². The largest absolute Gasteiger partial charge is 0.497 e. The van der Waals surface area contributed by atoms with Crippen LogP contribution in [0.5, 0.6) is 5.75 Å². The number of hydrogen-bond acceptors (Lipinski definition) is 2. The van der Waals surface area contributed by atoms with Gasteiger partial charge in [0.25, 0.3) is 0 Å². The number of Topliss-reactive ketones (excluding diaryl/α,β-unsaturated/α-hetero) is 1. The molecule has 2 bridgehead atoms. The summed E-state index contributed by atoms with van der Waals surface area (Å²) in [6.45, 7) is 0. The van der Waals surface area contributed by atoms with Gasteiger partial charge in [0.2, 0.25) is 0 Å². The van der Waals surface area contributed by atoms with Crippen molar-refractivity contribution in [2.75, 3.05) is 7.11 Å². The molecule has 2 unspecified atom stereocenters. The number of carbonyl (C=O) groups is 1. The second kappa shape index (κ2) is 4.47. The first-order valence-corrected chi connectivity index (χ1v) is 8.49. The number of methoxy groups -OCH3 is 1. The Morgan fingerprint density at radius 1 is 1.09 bits per heavy atom. The van der Waals surface area contributed by atoms with E-state index in [9.17, 15) is 4.79 Å². The monoisotopic (exact) mass is 304 g/mol. The van der Waals surface area contributed by atoms with Gasteiger partial charge in [0.05, 0.1) is 7.11 Å². The first-order chi connectivity index (χ1) is 11.2. The van der Waals surface area contributed by atoms with Crippen molar-refractivity contribution in [3.8, 4) is 5.75 Å². The van der Waals surface area contributed by atoms with E-state index in [1.54, 1.807) is 12.7 Å². The minimum atomic E-state index is 0.209. The van der Waals surface area contributed by atoms with Crippen LogP contribution in [0.1, 0.15) is 41.6 Å². The summed E-state index contributed by atoms with van der Waals surface area (Å²) in [7, 11) is 1.70. The molecule has 1 spiro atoms. The Labute approximate surface area is 136 Å². The number of ketones is 1. The Morgan fingerprint density at radius 2 is 2.00 bits per heavy atom. The van der Waals surface area contributed by atoms with E-state index in [2.05, 4.69) is 30.3 Å². The topological polar surface area (TPSA) is 26.3 Å². The van der Waals surface area contributed by atoms with Crippen molar-refractivity contribution >= 4 is 16.6 Å². The summed E-state index contributed by atoms with van der Waals surface area (Å²) in [5.41, 5.74) is 4.00. The average molecular weight is 304 g/mol. The molecular weight excluding hydrogens is 284 g/mol. The number of rotatable bonds is 1. The van der Waals surface area contributed by atoms with Crippen molar-refractivity contribution in [1.29, 1.82) is 0 Å². The molecule has 0 amide bonds. The summed E-state index contributed by atoms with van der Waals surface area (Å²) in [5.74, 6) is 1.91. The Bertz CT molecular complexity index is 877. The third-order valence-corrected chi connectivity index (χ3v) is 6.27. The number of ether oxygens (including phenoxy) is 1. The maximum atomic E-state index is 12.8. The zero-order valence-electron chi connectivity index (χ0n) is 13.4. The van der Waals surface area contributed by atoms with Crippen LogP contribution in [0.25, 0.3) is 10.8 Å². The van der Waals surface area contributed by atoms with Gasteiger partial charge in [-0.3, -0.25) is 4.79 Å². The van der Waals surface area contributed by atoms with Crippen LogP contribution in [-0.2, 0) is 6.42 Å². The van der Waals surface area contributed by atoms with Gasteiger partial charge in [0, 0.05) is 12.0 Å². The number of fused-ring (bicyclic) bond motifs is 5. The second-order valence-electron chi connectivity index (χ2n) is 7.54. The van der Waals surface area contributed by atoms with Gasteiger partial charge in [0.1, 0.15) is 5.75 Å². The summed E-state index contributed by atoms with van der Waals surface area (Å²) in [6, 6.07) is 10.4. The van der Waals surface area contributed by atoms with Crippen LogP contribution >= 0.6 is 0 Å². The fourth-order valence-corrected chi connectivity index (χ4v) is 5.13. The highest BCUT2D eigenvalue weighted by atomic mass is 16.5. The van der Waals surface area contributed by atoms with Gasteiger partial charge in [-0.05, 0) is 71.6 Å². The molecule has 0 heterocycles. The summed E-state index contributed by atoms with van der Waals surface area (Å²) in [5, 5.41) is 2.31. The predicted octanol–water partition coefficient (Wildman–Crippen LogP) is 4.70. The Kier molecular flexibility index (Phi) is 2.60. The van der Waals surface area contributed by atoms with Crippen LogP contribution in [0, 0.1) is 11.3 Å². The summed E-state index contributed by atoms with van der Waals surface area (Å²) < 4.78 is 5.35. The first-order valence-electron chi connectivity index (χ1n) is 8.49. The van der Waals surface area contributed by atoms with E-state index < -0.39 is 0 Å². The van der Waals surface area contributed by atoms with Gasteiger partial charge in [0.15, 0.2) is 5.78 Å². The molecule has 2 aromatic carbocycles. The van der Waals surface area contributed by atoms with Crippen molar-refractivity contribution in [1.82, 2.24) is 0 Å². The van der Waals surface area contributed by atoms with Crippen molar-refractivity contribution in [3.63, 3.8) is 0 Å². The molecule has 116 valence electrons. The fraction of sp³-hybridized carbons (Fsp3) is 0.381. The molecule has 2 nitrogen and oxygen atoms in total. The Balaban J connectivity index is 1.64. The minimum absolute atomic E-state index is 0.209. The molecule has 1 fully saturated rings. The average Bonchev–Trinajstić information content (AvgIpc) is 3.13. The van der Waals surface area contributed by atoms with Gasteiger partial charge >= 0.3 is 0 Å². The quantitative estimate of drug-likeness (QED) is 0.714. The van der Waals surface area contributed by atoms with E-state index >= 15 is 0 Å². The maximum Gasteiger partial charge on any atom is 0.163 e. The molecule has 0 saturated heterocycles. The third kappa shape index (κ3) is 1.84. The Hall–Kier alpha value is -2.09. The third-order valence-electron chi connectivity index (χ3n) is 6.27. The number of benzene rings is 2. The highest BCUT2D eigenvalue weighted by Crippen LogP contribution is 2.58. The summed E-state index contributed by atoms with van der Waals surface area (Å²) >= 11 is 0. The van der Waals surface area contributed by atoms with Crippen LogP contribution in [0.4, 0.5) is 0 Å². The van der Waals surface area contributed by atoms with E-state index in [0.717, 1.165) is 36.0 Å². The molecular formula is C21H20O2. The molecule has 3 aliphatic rings. The van der Waals surface area contributed by atoms with Crippen molar-refractivity contribution < 1.29 is 9.53 Å². The van der Waals surface area contributed by atoms with Gasteiger partial charge < -0.3 is 4.74 Å².